The molecule has 1 fully saturated rings. The average Bonchev–Trinajstić information content (AvgIpc) is 2.47. The highest BCUT2D eigenvalue weighted by molar-refractivity contribution is 5.87. The standard InChI is InChI=1S/C9H13NO3/c1-7(2)9(12)13-6-10-5-3-4-8(10)11/h1,3-6H2,2H3. The highest BCUT2D eigenvalue weighted by Crippen LogP contribution is 2.09. The molecule has 0 N–H and O–H groups in total. The fourth-order valence-corrected chi connectivity index (χ4v) is 1.10. The summed E-state index contributed by atoms with van der Waals surface area (Å²) in [6.07, 6.45) is 1.41. The van der Waals surface area contributed by atoms with Gasteiger partial charge in [0.1, 0.15) is 0 Å². The van der Waals surface area contributed by atoms with Crippen molar-refractivity contribution < 1.29 is 14.3 Å². The van der Waals surface area contributed by atoms with Gasteiger partial charge in [-0.2, -0.15) is 0 Å². The first-order chi connectivity index (χ1) is 6.11. The summed E-state index contributed by atoms with van der Waals surface area (Å²) in [5.41, 5.74) is 0.353. The zero-order chi connectivity index (χ0) is 9.84. The molecule has 1 aliphatic heterocycles. The second-order valence-corrected chi connectivity index (χ2v) is 3.10. The molecule has 72 valence electrons. The van der Waals surface area contributed by atoms with Crippen LogP contribution in [-0.4, -0.2) is 30.1 Å². The summed E-state index contributed by atoms with van der Waals surface area (Å²) < 4.78 is 4.82. The molecule has 4 heteroatoms. The van der Waals surface area contributed by atoms with Crippen molar-refractivity contribution in [2.24, 2.45) is 0 Å². The lowest BCUT2D eigenvalue weighted by molar-refractivity contribution is -0.147. The van der Waals surface area contributed by atoms with Crippen molar-refractivity contribution in [3.63, 3.8) is 0 Å². The van der Waals surface area contributed by atoms with E-state index in [4.69, 9.17) is 4.74 Å². The van der Waals surface area contributed by atoms with Crippen molar-refractivity contribution in [3.8, 4) is 0 Å². The van der Waals surface area contributed by atoms with Crippen LogP contribution in [-0.2, 0) is 14.3 Å². The average molecular weight is 183 g/mol. The topological polar surface area (TPSA) is 46.6 Å². The summed E-state index contributed by atoms with van der Waals surface area (Å²) in [5, 5.41) is 0. The number of esters is 1. The molecule has 0 aromatic heterocycles. The Balaban J connectivity index is 2.30. The highest BCUT2D eigenvalue weighted by Gasteiger charge is 2.20. The van der Waals surface area contributed by atoms with Crippen LogP contribution in [0.5, 0.6) is 0 Å². The summed E-state index contributed by atoms with van der Waals surface area (Å²) in [4.78, 5) is 23.5. The van der Waals surface area contributed by atoms with Crippen LogP contribution in [0.25, 0.3) is 0 Å². The van der Waals surface area contributed by atoms with Crippen LogP contribution in [0.15, 0.2) is 12.2 Å². The Bertz CT molecular complexity index is 247. The third-order valence-corrected chi connectivity index (χ3v) is 1.87. The van der Waals surface area contributed by atoms with E-state index in [2.05, 4.69) is 6.58 Å². The lowest BCUT2D eigenvalue weighted by atomic mass is 10.4. The van der Waals surface area contributed by atoms with Gasteiger partial charge in [-0.05, 0) is 13.3 Å². The molecular weight excluding hydrogens is 170 g/mol. The lowest BCUT2D eigenvalue weighted by Crippen LogP contribution is -2.28. The van der Waals surface area contributed by atoms with Crippen LogP contribution in [0.3, 0.4) is 0 Å². The highest BCUT2D eigenvalue weighted by atomic mass is 16.5. The molecule has 13 heavy (non-hydrogen) atoms. The number of ether oxygens (including phenoxy) is 1. The van der Waals surface area contributed by atoms with Gasteiger partial charge in [-0.15, -0.1) is 0 Å². The van der Waals surface area contributed by atoms with Crippen LogP contribution in [0, 0.1) is 0 Å². The van der Waals surface area contributed by atoms with Crippen LogP contribution >= 0.6 is 0 Å². The Morgan fingerprint density at radius 2 is 2.38 bits per heavy atom. The summed E-state index contributed by atoms with van der Waals surface area (Å²) >= 11 is 0. The Kier molecular flexibility index (Phi) is 3.06. The van der Waals surface area contributed by atoms with Crippen molar-refractivity contribution in [2.75, 3.05) is 13.3 Å². The first-order valence-electron chi connectivity index (χ1n) is 4.21. The van der Waals surface area contributed by atoms with Gasteiger partial charge in [0, 0.05) is 18.5 Å². The fourth-order valence-electron chi connectivity index (χ4n) is 1.10. The molecule has 1 saturated heterocycles. The number of amides is 1. The van der Waals surface area contributed by atoms with E-state index in [-0.39, 0.29) is 12.6 Å². The first-order valence-corrected chi connectivity index (χ1v) is 4.21. The number of rotatable bonds is 3. The largest absolute Gasteiger partial charge is 0.441 e. The van der Waals surface area contributed by atoms with Gasteiger partial charge in [0.15, 0.2) is 6.73 Å². The summed E-state index contributed by atoms with van der Waals surface area (Å²) in [5.74, 6) is -0.394. The van der Waals surface area contributed by atoms with E-state index in [0.29, 0.717) is 18.5 Å². The minimum Gasteiger partial charge on any atom is -0.441 e. The van der Waals surface area contributed by atoms with Gasteiger partial charge < -0.3 is 9.64 Å². The molecule has 0 aliphatic carbocycles. The van der Waals surface area contributed by atoms with Gasteiger partial charge in [0.05, 0.1) is 0 Å². The molecule has 1 amide bonds. The van der Waals surface area contributed by atoms with E-state index < -0.39 is 5.97 Å². The smallest absolute Gasteiger partial charge is 0.334 e. The second-order valence-electron chi connectivity index (χ2n) is 3.10. The van der Waals surface area contributed by atoms with E-state index >= 15 is 0 Å². The molecule has 0 spiro atoms. The van der Waals surface area contributed by atoms with E-state index in [1.165, 1.54) is 4.90 Å². The van der Waals surface area contributed by atoms with Crippen LogP contribution in [0.4, 0.5) is 0 Å². The van der Waals surface area contributed by atoms with Gasteiger partial charge in [0.25, 0.3) is 0 Å². The van der Waals surface area contributed by atoms with Crippen molar-refractivity contribution in [3.05, 3.63) is 12.2 Å². The van der Waals surface area contributed by atoms with Crippen molar-refractivity contribution in [2.45, 2.75) is 19.8 Å². The van der Waals surface area contributed by atoms with Crippen molar-refractivity contribution >= 4 is 11.9 Å². The number of carbonyl (C=O) groups is 2. The van der Waals surface area contributed by atoms with E-state index in [1.807, 2.05) is 0 Å². The maximum absolute atomic E-state index is 11.1. The number of carbonyl (C=O) groups excluding carboxylic acids is 2. The minimum absolute atomic E-state index is 0.0505. The Labute approximate surface area is 77.2 Å². The van der Waals surface area contributed by atoms with E-state index in [9.17, 15) is 9.59 Å². The van der Waals surface area contributed by atoms with Gasteiger partial charge in [-0.3, -0.25) is 4.79 Å². The lowest BCUT2D eigenvalue weighted by Gasteiger charge is -2.14. The van der Waals surface area contributed by atoms with Crippen LogP contribution in [0.2, 0.25) is 0 Å². The molecule has 0 aromatic carbocycles. The van der Waals surface area contributed by atoms with Crippen LogP contribution in [0.1, 0.15) is 19.8 Å². The maximum atomic E-state index is 11.1. The molecule has 0 aromatic rings. The van der Waals surface area contributed by atoms with Crippen molar-refractivity contribution in [1.29, 1.82) is 0 Å². The number of nitrogens with zero attached hydrogens (tertiary/aromatic N) is 1. The van der Waals surface area contributed by atoms with Gasteiger partial charge >= 0.3 is 5.97 Å². The van der Waals surface area contributed by atoms with Gasteiger partial charge in [-0.25, -0.2) is 4.79 Å². The Morgan fingerprint density at radius 1 is 1.69 bits per heavy atom. The molecule has 1 rings (SSSR count). The van der Waals surface area contributed by atoms with E-state index in [0.717, 1.165) is 6.42 Å². The monoisotopic (exact) mass is 183 g/mol. The van der Waals surface area contributed by atoms with Crippen molar-refractivity contribution in [1.82, 2.24) is 4.90 Å². The summed E-state index contributed by atoms with van der Waals surface area (Å²) in [6.45, 7) is 5.76. The molecule has 0 saturated carbocycles. The molecule has 1 aliphatic rings. The Morgan fingerprint density at radius 3 is 2.85 bits per heavy atom. The first kappa shape index (κ1) is 9.77. The zero-order valence-electron chi connectivity index (χ0n) is 7.71. The molecule has 1 heterocycles. The number of hydrogen-bond acceptors (Lipinski definition) is 3. The van der Waals surface area contributed by atoms with Gasteiger partial charge in [-0.1, -0.05) is 6.58 Å². The Hall–Kier alpha value is -1.32. The third kappa shape index (κ3) is 2.57. The van der Waals surface area contributed by atoms with Crippen LogP contribution < -0.4 is 0 Å². The molecule has 0 unspecified atom stereocenters. The molecular formula is C9H13NO3. The maximum Gasteiger partial charge on any atom is 0.334 e. The number of hydrogen-bond donors (Lipinski definition) is 0. The molecule has 0 radical (unpaired) electrons. The predicted molar refractivity (Wildman–Crippen MR) is 46.7 cm³/mol. The van der Waals surface area contributed by atoms with Gasteiger partial charge in [0.2, 0.25) is 5.91 Å². The molecule has 0 atom stereocenters. The second kappa shape index (κ2) is 4.07. The number of likely N-dealkylation sites (tertiary alicyclic amines) is 1. The SMILES string of the molecule is C=C(C)C(=O)OCN1CCCC1=O. The minimum atomic E-state index is -0.445. The summed E-state index contributed by atoms with van der Waals surface area (Å²) in [7, 11) is 0. The molecule has 4 nitrogen and oxygen atoms in total. The van der Waals surface area contributed by atoms with E-state index in [1.54, 1.807) is 6.92 Å². The summed E-state index contributed by atoms with van der Waals surface area (Å²) in [6, 6.07) is 0. The molecule has 0 bridgehead atoms. The zero-order valence-corrected chi connectivity index (χ0v) is 7.71. The normalized spacial score (nSPS) is 16.1. The fraction of sp³-hybridized carbons (Fsp3) is 0.556. The quantitative estimate of drug-likeness (QED) is 0.477. The third-order valence-electron chi connectivity index (χ3n) is 1.87. The predicted octanol–water partition coefficient (Wildman–Crippen LogP) is 0.686.